The number of hydrogen-bond acceptors (Lipinski definition) is 5. The molecule has 2 aromatic rings. The molecule has 120 valence electrons. The second-order valence-corrected chi connectivity index (χ2v) is 4.78. The lowest BCUT2D eigenvalue weighted by molar-refractivity contribution is -0.160. The van der Waals surface area contributed by atoms with E-state index in [2.05, 4.69) is 0 Å². The highest BCUT2D eigenvalue weighted by Gasteiger charge is 2.16. The Balaban J connectivity index is 1.97. The first-order valence-electron chi connectivity index (χ1n) is 7.19. The summed E-state index contributed by atoms with van der Waals surface area (Å²) in [6.07, 6.45) is -0.511. The average molecular weight is 314 g/mol. The van der Waals surface area contributed by atoms with Gasteiger partial charge in [0.1, 0.15) is 12.7 Å². The summed E-state index contributed by atoms with van der Waals surface area (Å²) >= 11 is 0. The second-order valence-electron chi connectivity index (χ2n) is 4.78. The Bertz CT molecular complexity index is 624. The fraction of sp³-hybridized carbons (Fsp3) is 0.222. The van der Waals surface area contributed by atoms with Crippen molar-refractivity contribution in [3.05, 3.63) is 71.8 Å². The van der Waals surface area contributed by atoms with Gasteiger partial charge in [0, 0.05) is 6.92 Å². The van der Waals surface area contributed by atoms with E-state index in [1.807, 2.05) is 36.4 Å². The highest BCUT2D eigenvalue weighted by molar-refractivity contribution is 5.89. The molecule has 0 spiro atoms. The van der Waals surface area contributed by atoms with E-state index >= 15 is 0 Å². The predicted octanol–water partition coefficient (Wildman–Crippen LogP) is 3.12. The molecule has 0 heterocycles. The van der Waals surface area contributed by atoms with Gasteiger partial charge in [-0.25, -0.2) is 4.79 Å². The van der Waals surface area contributed by atoms with Crippen molar-refractivity contribution in [2.45, 2.75) is 13.0 Å². The van der Waals surface area contributed by atoms with Crippen molar-refractivity contribution in [1.29, 1.82) is 0 Å². The van der Waals surface area contributed by atoms with Gasteiger partial charge < -0.3 is 14.2 Å². The Morgan fingerprint density at radius 3 is 2.13 bits per heavy atom. The molecule has 23 heavy (non-hydrogen) atoms. The second kappa shape index (κ2) is 8.70. The molecule has 0 amide bonds. The number of benzene rings is 2. The minimum absolute atomic E-state index is 0.0268. The maximum atomic E-state index is 12.0. The topological polar surface area (TPSA) is 61.8 Å². The van der Waals surface area contributed by atoms with Gasteiger partial charge in [0.05, 0.1) is 5.56 Å². The normalized spacial score (nSPS) is 11.5. The van der Waals surface area contributed by atoms with E-state index in [-0.39, 0.29) is 13.4 Å². The van der Waals surface area contributed by atoms with Crippen LogP contribution < -0.4 is 0 Å². The summed E-state index contributed by atoms with van der Waals surface area (Å²) in [4.78, 5) is 22.8. The minimum atomic E-state index is -0.511. The lowest BCUT2D eigenvalue weighted by atomic mass is 10.1. The van der Waals surface area contributed by atoms with Crippen LogP contribution in [0.25, 0.3) is 0 Å². The van der Waals surface area contributed by atoms with Crippen LogP contribution in [-0.2, 0) is 19.0 Å². The highest BCUT2D eigenvalue weighted by Crippen LogP contribution is 2.18. The molecule has 2 aromatic carbocycles. The molecule has 0 aliphatic heterocycles. The van der Waals surface area contributed by atoms with Crippen molar-refractivity contribution in [3.8, 4) is 0 Å². The van der Waals surface area contributed by atoms with Crippen LogP contribution in [0.2, 0.25) is 0 Å². The van der Waals surface area contributed by atoms with Gasteiger partial charge in [-0.3, -0.25) is 4.79 Å². The first kappa shape index (κ1) is 16.7. The van der Waals surface area contributed by atoms with Crippen molar-refractivity contribution in [2.75, 3.05) is 13.4 Å². The fourth-order valence-electron chi connectivity index (χ4n) is 1.92. The van der Waals surface area contributed by atoms with Gasteiger partial charge in [0.25, 0.3) is 0 Å². The van der Waals surface area contributed by atoms with E-state index in [4.69, 9.17) is 14.2 Å². The molecule has 2 rings (SSSR count). The Kier molecular flexibility index (Phi) is 6.32. The van der Waals surface area contributed by atoms with Crippen LogP contribution >= 0.6 is 0 Å². The molecule has 5 heteroatoms. The average Bonchev–Trinajstić information content (AvgIpc) is 2.59. The summed E-state index contributed by atoms with van der Waals surface area (Å²) in [5.41, 5.74) is 1.31. The summed E-state index contributed by atoms with van der Waals surface area (Å²) < 4.78 is 15.6. The van der Waals surface area contributed by atoms with Gasteiger partial charge in [-0.2, -0.15) is 0 Å². The van der Waals surface area contributed by atoms with Gasteiger partial charge in [0.2, 0.25) is 0 Å². The lowest BCUT2D eigenvalue weighted by Crippen LogP contribution is -2.17. The van der Waals surface area contributed by atoms with Crippen LogP contribution in [0.3, 0.4) is 0 Å². The fourth-order valence-corrected chi connectivity index (χ4v) is 1.92. The van der Waals surface area contributed by atoms with E-state index in [9.17, 15) is 9.59 Å². The number of esters is 2. The zero-order chi connectivity index (χ0) is 16.5. The molecule has 5 nitrogen and oxygen atoms in total. The van der Waals surface area contributed by atoms with E-state index in [1.54, 1.807) is 24.3 Å². The van der Waals surface area contributed by atoms with Crippen LogP contribution in [-0.4, -0.2) is 25.3 Å². The van der Waals surface area contributed by atoms with Crippen LogP contribution in [0.4, 0.5) is 0 Å². The molecule has 0 aliphatic rings. The molecule has 0 saturated carbocycles. The quantitative estimate of drug-likeness (QED) is 0.580. The maximum absolute atomic E-state index is 12.0. The van der Waals surface area contributed by atoms with Crippen molar-refractivity contribution in [1.82, 2.24) is 0 Å². The number of rotatable bonds is 7. The number of hydrogen-bond donors (Lipinski definition) is 0. The summed E-state index contributed by atoms with van der Waals surface area (Å²) in [6, 6.07) is 18.0. The molecule has 0 fully saturated rings. The van der Waals surface area contributed by atoms with E-state index in [1.165, 1.54) is 6.92 Å². The lowest BCUT2D eigenvalue weighted by Gasteiger charge is -2.18. The highest BCUT2D eigenvalue weighted by atomic mass is 16.7. The zero-order valence-electron chi connectivity index (χ0n) is 12.8. The molecule has 0 bridgehead atoms. The molecule has 0 unspecified atom stereocenters. The Morgan fingerprint density at radius 2 is 1.52 bits per heavy atom. The van der Waals surface area contributed by atoms with Gasteiger partial charge in [-0.05, 0) is 17.7 Å². The molecule has 0 aromatic heterocycles. The van der Waals surface area contributed by atoms with Gasteiger partial charge in [0.15, 0.2) is 6.79 Å². The predicted molar refractivity (Wildman–Crippen MR) is 83.6 cm³/mol. The smallest absolute Gasteiger partial charge is 0.338 e. The number of carbonyl (C=O) groups excluding carboxylic acids is 2. The van der Waals surface area contributed by atoms with Crippen LogP contribution in [0.1, 0.15) is 28.9 Å². The monoisotopic (exact) mass is 314 g/mol. The zero-order valence-corrected chi connectivity index (χ0v) is 12.8. The maximum Gasteiger partial charge on any atom is 0.338 e. The third-order valence-corrected chi connectivity index (χ3v) is 3.08. The molecule has 0 saturated heterocycles. The van der Waals surface area contributed by atoms with Crippen LogP contribution in [0.15, 0.2) is 60.7 Å². The Morgan fingerprint density at radius 1 is 0.913 bits per heavy atom. The van der Waals surface area contributed by atoms with Crippen LogP contribution in [0.5, 0.6) is 0 Å². The summed E-state index contributed by atoms with van der Waals surface area (Å²) in [6.45, 7) is 1.13. The van der Waals surface area contributed by atoms with Gasteiger partial charge >= 0.3 is 11.9 Å². The number of carbonyl (C=O) groups is 2. The van der Waals surface area contributed by atoms with Crippen molar-refractivity contribution >= 4 is 11.9 Å². The summed E-state index contributed by atoms with van der Waals surface area (Å²) in [7, 11) is 0. The molecule has 0 aliphatic carbocycles. The third-order valence-electron chi connectivity index (χ3n) is 3.08. The van der Waals surface area contributed by atoms with Crippen molar-refractivity contribution in [3.63, 3.8) is 0 Å². The van der Waals surface area contributed by atoms with Crippen molar-refractivity contribution < 1.29 is 23.8 Å². The minimum Gasteiger partial charge on any atom is -0.459 e. The van der Waals surface area contributed by atoms with E-state index in [0.29, 0.717) is 5.56 Å². The molecular weight excluding hydrogens is 296 g/mol. The number of ether oxygens (including phenoxy) is 3. The Hall–Kier alpha value is -2.66. The largest absolute Gasteiger partial charge is 0.459 e. The van der Waals surface area contributed by atoms with E-state index < -0.39 is 18.0 Å². The third kappa shape index (κ3) is 5.56. The summed E-state index contributed by atoms with van der Waals surface area (Å²) in [5, 5.41) is 0. The summed E-state index contributed by atoms with van der Waals surface area (Å²) in [5.74, 6) is -0.860. The van der Waals surface area contributed by atoms with Gasteiger partial charge in [-0.1, -0.05) is 48.5 Å². The molecule has 1 atom stereocenters. The Labute approximate surface area is 134 Å². The molecular formula is C18H18O5. The van der Waals surface area contributed by atoms with Crippen LogP contribution in [0, 0.1) is 0 Å². The standard InChI is InChI=1S/C18H18O5/c1-14(19)22-13-23-17(15-8-4-2-5-9-15)12-21-18(20)16-10-6-3-7-11-16/h2-11,17H,12-13H2,1H3/t17-/m1/s1. The molecule has 0 radical (unpaired) electrons. The first-order valence-corrected chi connectivity index (χ1v) is 7.19. The first-order chi connectivity index (χ1) is 11.2. The SMILES string of the molecule is CC(=O)OCO[C@H](COC(=O)c1ccccc1)c1ccccc1. The van der Waals surface area contributed by atoms with Gasteiger partial charge in [-0.15, -0.1) is 0 Å². The van der Waals surface area contributed by atoms with Crippen molar-refractivity contribution in [2.24, 2.45) is 0 Å². The molecule has 0 N–H and O–H groups in total. The van der Waals surface area contributed by atoms with E-state index in [0.717, 1.165) is 5.56 Å².